The molecule has 192 valence electrons. The standard InChI is InChI=1S/C28H33NO7/c1-17(2)7-14-23(29-27(32)36-28(3,4)5)26(31)34-20-12-13-21-22(16-25(30)35-24(21)15-20)18-8-10-19(33-6)11-9-18/h8-13,15-17,23H,7,14H2,1-6H3,(H,29,32)/t23-/m0/s1. The molecule has 2 aromatic carbocycles. The second-order valence-electron chi connectivity index (χ2n) is 9.96. The number of hydrogen-bond acceptors (Lipinski definition) is 7. The van der Waals surface area contributed by atoms with Crippen molar-refractivity contribution in [1.82, 2.24) is 5.32 Å². The minimum absolute atomic E-state index is 0.197. The molecule has 0 unspecified atom stereocenters. The van der Waals surface area contributed by atoms with Crippen molar-refractivity contribution in [2.45, 2.75) is 59.1 Å². The van der Waals surface area contributed by atoms with Gasteiger partial charge in [0.15, 0.2) is 0 Å². The number of ether oxygens (including phenoxy) is 3. The molecule has 0 aliphatic rings. The third-order valence-corrected chi connectivity index (χ3v) is 5.34. The van der Waals surface area contributed by atoms with E-state index in [0.717, 1.165) is 5.56 Å². The molecule has 1 atom stereocenters. The zero-order chi connectivity index (χ0) is 26.5. The Morgan fingerprint density at radius 1 is 0.972 bits per heavy atom. The molecule has 1 N–H and O–H groups in total. The molecule has 1 amide bonds. The van der Waals surface area contributed by atoms with Crippen LogP contribution in [0.1, 0.15) is 47.5 Å². The summed E-state index contributed by atoms with van der Waals surface area (Å²) in [4.78, 5) is 37.5. The van der Waals surface area contributed by atoms with Gasteiger partial charge >= 0.3 is 17.7 Å². The summed E-state index contributed by atoms with van der Waals surface area (Å²) < 4.78 is 21.5. The average molecular weight is 496 g/mol. The molecule has 8 nitrogen and oxygen atoms in total. The topological polar surface area (TPSA) is 104 Å². The van der Waals surface area contributed by atoms with Gasteiger partial charge in [0.1, 0.15) is 28.7 Å². The van der Waals surface area contributed by atoms with Gasteiger partial charge < -0.3 is 23.9 Å². The van der Waals surface area contributed by atoms with Gasteiger partial charge in [0.2, 0.25) is 0 Å². The second-order valence-corrected chi connectivity index (χ2v) is 9.96. The summed E-state index contributed by atoms with van der Waals surface area (Å²) in [5.74, 6) is 0.594. The molecule has 1 aromatic heterocycles. The van der Waals surface area contributed by atoms with E-state index < -0.39 is 29.3 Å². The van der Waals surface area contributed by atoms with E-state index in [2.05, 4.69) is 5.32 Å². The van der Waals surface area contributed by atoms with E-state index in [1.165, 1.54) is 12.1 Å². The van der Waals surface area contributed by atoms with Crippen LogP contribution in [0, 0.1) is 5.92 Å². The Labute approximate surface area is 210 Å². The smallest absolute Gasteiger partial charge is 0.408 e. The van der Waals surface area contributed by atoms with Crippen LogP contribution in [0.2, 0.25) is 0 Å². The number of fused-ring (bicyclic) bond motifs is 1. The van der Waals surface area contributed by atoms with Crippen LogP contribution in [0.15, 0.2) is 57.7 Å². The number of hydrogen-bond donors (Lipinski definition) is 1. The van der Waals surface area contributed by atoms with E-state index in [-0.39, 0.29) is 11.3 Å². The van der Waals surface area contributed by atoms with Gasteiger partial charge in [0, 0.05) is 17.5 Å². The lowest BCUT2D eigenvalue weighted by Gasteiger charge is -2.23. The van der Waals surface area contributed by atoms with Gasteiger partial charge in [-0.3, -0.25) is 0 Å². The predicted molar refractivity (Wildman–Crippen MR) is 137 cm³/mol. The molecule has 0 aliphatic heterocycles. The van der Waals surface area contributed by atoms with Crippen molar-refractivity contribution < 1.29 is 28.2 Å². The van der Waals surface area contributed by atoms with Crippen LogP contribution < -0.4 is 20.4 Å². The normalized spacial score (nSPS) is 12.3. The number of alkyl carbamates (subject to hydrolysis) is 1. The van der Waals surface area contributed by atoms with Crippen LogP contribution in [0.5, 0.6) is 11.5 Å². The fourth-order valence-corrected chi connectivity index (χ4v) is 3.60. The molecule has 1 heterocycles. The fraction of sp³-hybridized carbons (Fsp3) is 0.393. The van der Waals surface area contributed by atoms with Crippen molar-refractivity contribution in [3.63, 3.8) is 0 Å². The Kier molecular flexibility index (Phi) is 8.40. The summed E-state index contributed by atoms with van der Waals surface area (Å²) >= 11 is 0. The molecular formula is C28H33NO7. The summed E-state index contributed by atoms with van der Waals surface area (Å²) in [5.41, 5.74) is 0.543. The number of carbonyl (C=O) groups is 2. The average Bonchev–Trinajstić information content (AvgIpc) is 2.79. The molecular weight excluding hydrogens is 462 g/mol. The van der Waals surface area contributed by atoms with Crippen LogP contribution in [0.3, 0.4) is 0 Å². The second kappa shape index (κ2) is 11.3. The first-order chi connectivity index (χ1) is 16.9. The van der Waals surface area contributed by atoms with Gasteiger partial charge in [-0.05, 0) is 74.9 Å². The first-order valence-electron chi connectivity index (χ1n) is 11.9. The summed E-state index contributed by atoms with van der Waals surface area (Å²) in [6.07, 6.45) is 0.398. The van der Waals surface area contributed by atoms with Gasteiger partial charge in [-0.1, -0.05) is 26.0 Å². The zero-order valence-corrected chi connectivity index (χ0v) is 21.5. The highest BCUT2D eigenvalue weighted by atomic mass is 16.6. The number of esters is 1. The summed E-state index contributed by atoms with van der Waals surface area (Å²) in [6, 6.07) is 12.7. The lowest BCUT2D eigenvalue weighted by molar-refractivity contribution is -0.137. The number of carbonyl (C=O) groups excluding carboxylic acids is 2. The fourth-order valence-electron chi connectivity index (χ4n) is 3.60. The van der Waals surface area contributed by atoms with Crippen LogP contribution in [-0.4, -0.2) is 30.8 Å². The lowest BCUT2D eigenvalue weighted by Crippen LogP contribution is -2.45. The highest BCUT2D eigenvalue weighted by Gasteiger charge is 2.26. The van der Waals surface area contributed by atoms with Gasteiger partial charge in [-0.15, -0.1) is 0 Å². The zero-order valence-electron chi connectivity index (χ0n) is 21.5. The Morgan fingerprint density at radius 3 is 2.25 bits per heavy atom. The molecule has 8 heteroatoms. The number of methoxy groups -OCH3 is 1. The summed E-state index contributed by atoms with van der Waals surface area (Å²) in [7, 11) is 1.58. The number of amides is 1. The van der Waals surface area contributed by atoms with E-state index in [1.54, 1.807) is 52.1 Å². The van der Waals surface area contributed by atoms with Crippen molar-refractivity contribution in [2.75, 3.05) is 7.11 Å². The van der Waals surface area contributed by atoms with Crippen LogP contribution >= 0.6 is 0 Å². The highest BCUT2D eigenvalue weighted by molar-refractivity contribution is 5.94. The van der Waals surface area contributed by atoms with Crippen molar-refractivity contribution >= 4 is 23.0 Å². The first kappa shape index (κ1) is 26.8. The maximum Gasteiger partial charge on any atom is 0.408 e. The lowest BCUT2D eigenvalue weighted by atomic mass is 10.0. The van der Waals surface area contributed by atoms with Gasteiger partial charge in [0.25, 0.3) is 0 Å². The molecule has 0 saturated carbocycles. The molecule has 0 saturated heterocycles. The first-order valence-corrected chi connectivity index (χ1v) is 11.9. The SMILES string of the molecule is COc1ccc(-c2cc(=O)oc3cc(OC(=O)[C@H](CCC(C)C)NC(=O)OC(C)(C)C)ccc23)cc1. The molecule has 0 aliphatic carbocycles. The van der Waals surface area contributed by atoms with E-state index in [1.807, 2.05) is 26.0 Å². The highest BCUT2D eigenvalue weighted by Crippen LogP contribution is 2.31. The third kappa shape index (κ3) is 7.34. The Balaban J connectivity index is 1.85. The van der Waals surface area contributed by atoms with Gasteiger partial charge in [-0.25, -0.2) is 14.4 Å². The largest absolute Gasteiger partial charge is 0.497 e. The van der Waals surface area contributed by atoms with Gasteiger partial charge in [-0.2, -0.15) is 0 Å². The van der Waals surface area contributed by atoms with Crippen molar-refractivity contribution in [3.05, 3.63) is 59.0 Å². The minimum atomic E-state index is -0.893. The quantitative estimate of drug-likeness (QED) is 0.243. The Morgan fingerprint density at radius 2 is 1.64 bits per heavy atom. The summed E-state index contributed by atoms with van der Waals surface area (Å²) in [5, 5.41) is 3.30. The van der Waals surface area contributed by atoms with Crippen LogP contribution in [0.4, 0.5) is 4.79 Å². The van der Waals surface area contributed by atoms with Crippen molar-refractivity contribution in [3.8, 4) is 22.6 Å². The molecule has 3 aromatic rings. The van der Waals surface area contributed by atoms with Crippen LogP contribution in [0.25, 0.3) is 22.1 Å². The number of rotatable bonds is 8. The molecule has 0 fully saturated rings. The minimum Gasteiger partial charge on any atom is -0.497 e. The molecule has 3 rings (SSSR count). The monoisotopic (exact) mass is 495 g/mol. The van der Waals surface area contributed by atoms with E-state index in [4.69, 9.17) is 18.6 Å². The number of nitrogens with one attached hydrogen (secondary N) is 1. The van der Waals surface area contributed by atoms with Crippen LogP contribution in [-0.2, 0) is 9.53 Å². The van der Waals surface area contributed by atoms with E-state index in [9.17, 15) is 14.4 Å². The third-order valence-electron chi connectivity index (χ3n) is 5.34. The Hall–Kier alpha value is -3.81. The molecule has 0 bridgehead atoms. The Bertz CT molecular complexity index is 1270. The maximum absolute atomic E-state index is 13.0. The van der Waals surface area contributed by atoms with E-state index >= 15 is 0 Å². The molecule has 0 radical (unpaired) electrons. The molecule has 36 heavy (non-hydrogen) atoms. The number of benzene rings is 2. The van der Waals surface area contributed by atoms with Crippen molar-refractivity contribution in [1.29, 1.82) is 0 Å². The molecule has 0 spiro atoms. The van der Waals surface area contributed by atoms with Crippen molar-refractivity contribution in [2.24, 2.45) is 5.92 Å². The summed E-state index contributed by atoms with van der Waals surface area (Å²) in [6.45, 7) is 9.30. The predicted octanol–water partition coefficient (Wildman–Crippen LogP) is 5.70. The van der Waals surface area contributed by atoms with E-state index in [0.29, 0.717) is 35.5 Å². The maximum atomic E-state index is 13.0. The van der Waals surface area contributed by atoms with Gasteiger partial charge in [0.05, 0.1) is 7.11 Å².